The Labute approximate surface area is 113 Å². The van der Waals surface area contributed by atoms with Crippen LogP contribution in [0.4, 0.5) is 5.69 Å². The van der Waals surface area contributed by atoms with E-state index in [9.17, 15) is 0 Å². The number of hydrogen-bond acceptors (Lipinski definition) is 1. The van der Waals surface area contributed by atoms with Crippen LogP contribution in [0.2, 0.25) is 0 Å². The molecule has 94 valence electrons. The van der Waals surface area contributed by atoms with Gasteiger partial charge in [0.25, 0.3) is 0 Å². The van der Waals surface area contributed by atoms with E-state index in [1.54, 1.807) is 0 Å². The molecule has 0 heterocycles. The quantitative estimate of drug-likeness (QED) is 0.814. The van der Waals surface area contributed by atoms with E-state index in [4.69, 9.17) is 0 Å². The van der Waals surface area contributed by atoms with Crippen molar-refractivity contribution in [3.05, 3.63) is 28.2 Å². The summed E-state index contributed by atoms with van der Waals surface area (Å²) < 4.78 is 1.15. The molecular weight excluding hydrogens is 274 g/mol. The van der Waals surface area contributed by atoms with E-state index >= 15 is 0 Å². The van der Waals surface area contributed by atoms with E-state index in [1.807, 2.05) is 0 Å². The zero-order valence-electron chi connectivity index (χ0n) is 10.8. The first-order chi connectivity index (χ1) is 8.16. The molecule has 1 nitrogen and oxygen atoms in total. The fourth-order valence-electron chi connectivity index (χ4n) is 2.75. The van der Waals surface area contributed by atoms with Gasteiger partial charge in [-0.3, -0.25) is 0 Å². The predicted molar refractivity (Wildman–Crippen MR) is 78.5 cm³/mol. The minimum atomic E-state index is 0.586. The maximum Gasteiger partial charge on any atom is 0.0383 e. The van der Waals surface area contributed by atoms with Crippen molar-refractivity contribution in [1.82, 2.24) is 0 Å². The Morgan fingerprint density at radius 3 is 2.65 bits per heavy atom. The van der Waals surface area contributed by atoms with Crippen LogP contribution in [0.15, 0.2) is 22.7 Å². The van der Waals surface area contributed by atoms with E-state index in [0.717, 1.165) is 10.4 Å². The molecule has 1 aromatic rings. The van der Waals surface area contributed by atoms with Crippen LogP contribution in [0.25, 0.3) is 0 Å². The third kappa shape index (κ3) is 3.48. The van der Waals surface area contributed by atoms with Crippen LogP contribution < -0.4 is 5.32 Å². The maximum absolute atomic E-state index is 3.69. The summed E-state index contributed by atoms with van der Waals surface area (Å²) in [6, 6.07) is 7.05. The molecule has 0 amide bonds. The van der Waals surface area contributed by atoms with E-state index in [-0.39, 0.29) is 0 Å². The zero-order chi connectivity index (χ0) is 12.3. The van der Waals surface area contributed by atoms with Gasteiger partial charge >= 0.3 is 0 Å². The number of anilines is 1. The maximum atomic E-state index is 3.69. The highest BCUT2D eigenvalue weighted by Gasteiger charge is 2.20. The van der Waals surface area contributed by atoms with Gasteiger partial charge in [-0.05, 0) is 50.3 Å². The van der Waals surface area contributed by atoms with Gasteiger partial charge in [0.1, 0.15) is 0 Å². The van der Waals surface area contributed by atoms with E-state index in [0.29, 0.717) is 6.04 Å². The van der Waals surface area contributed by atoms with Crippen LogP contribution in [0.5, 0.6) is 0 Å². The molecule has 1 unspecified atom stereocenters. The van der Waals surface area contributed by atoms with Crippen molar-refractivity contribution in [3.63, 3.8) is 0 Å². The summed E-state index contributed by atoms with van der Waals surface area (Å²) in [7, 11) is 0. The summed E-state index contributed by atoms with van der Waals surface area (Å²) in [5.41, 5.74) is 2.60. The molecule has 0 aromatic heterocycles. The van der Waals surface area contributed by atoms with E-state index < -0.39 is 0 Å². The lowest BCUT2D eigenvalue weighted by Crippen LogP contribution is -2.27. The summed E-state index contributed by atoms with van der Waals surface area (Å²) in [5, 5.41) is 3.69. The first-order valence-electron chi connectivity index (χ1n) is 6.69. The molecule has 0 aliphatic heterocycles. The Hall–Kier alpha value is -0.500. The van der Waals surface area contributed by atoms with Crippen LogP contribution in [-0.4, -0.2) is 6.04 Å². The topological polar surface area (TPSA) is 12.0 Å². The van der Waals surface area contributed by atoms with Gasteiger partial charge in [0.15, 0.2) is 0 Å². The number of benzene rings is 1. The van der Waals surface area contributed by atoms with Crippen LogP contribution in [0.1, 0.15) is 44.6 Å². The normalized spacial score (nSPS) is 19.0. The lowest BCUT2D eigenvalue weighted by atomic mass is 9.84. The number of nitrogens with one attached hydrogen (secondary N) is 1. The molecule has 0 bridgehead atoms. The molecule has 0 saturated heterocycles. The van der Waals surface area contributed by atoms with Crippen LogP contribution in [0.3, 0.4) is 0 Å². The minimum Gasteiger partial charge on any atom is -0.382 e. The van der Waals surface area contributed by atoms with E-state index in [1.165, 1.54) is 43.4 Å². The fourth-order valence-corrected chi connectivity index (χ4v) is 3.11. The highest BCUT2D eigenvalue weighted by atomic mass is 79.9. The highest BCUT2D eigenvalue weighted by molar-refractivity contribution is 9.10. The summed E-state index contributed by atoms with van der Waals surface area (Å²) in [6.45, 7) is 4.50. The van der Waals surface area contributed by atoms with Gasteiger partial charge in [-0.2, -0.15) is 0 Å². The largest absolute Gasteiger partial charge is 0.382 e. The highest BCUT2D eigenvalue weighted by Crippen LogP contribution is 2.29. The lowest BCUT2D eigenvalue weighted by molar-refractivity contribution is 0.328. The molecule has 17 heavy (non-hydrogen) atoms. The van der Waals surface area contributed by atoms with Gasteiger partial charge in [0.05, 0.1) is 0 Å². The molecule has 1 aliphatic rings. The summed E-state index contributed by atoms with van der Waals surface area (Å²) >= 11 is 3.54. The first-order valence-corrected chi connectivity index (χ1v) is 7.49. The minimum absolute atomic E-state index is 0.586. The first kappa shape index (κ1) is 12.9. The van der Waals surface area contributed by atoms with E-state index in [2.05, 4.69) is 53.3 Å². The van der Waals surface area contributed by atoms with Crippen molar-refractivity contribution in [3.8, 4) is 0 Å². The second-order valence-corrected chi connectivity index (χ2v) is 6.21. The van der Waals surface area contributed by atoms with Crippen LogP contribution >= 0.6 is 15.9 Å². The molecule has 0 radical (unpaired) electrons. The summed E-state index contributed by atoms with van der Waals surface area (Å²) in [6.07, 6.45) is 7.03. The average Bonchev–Trinajstić information content (AvgIpc) is 2.35. The van der Waals surface area contributed by atoms with Crippen molar-refractivity contribution in [2.45, 2.75) is 52.0 Å². The number of halogens is 1. The van der Waals surface area contributed by atoms with Gasteiger partial charge in [-0.15, -0.1) is 0 Å². The van der Waals surface area contributed by atoms with Crippen LogP contribution in [-0.2, 0) is 0 Å². The predicted octanol–water partition coefficient (Wildman–Crippen LogP) is 5.14. The Bertz CT molecular complexity index is 369. The van der Waals surface area contributed by atoms with Crippen LogP contribution in [0, 0.1) is 12.8 Å². The third-order valence-electron chi connectivity index (χ3n) is 3.94. The Balaban J connectivity index is 2.01. The number of hydrogen-bond donors (Lipinski definition) is 1. The molecule has 1 N–H and O–H groups in total. The molecule has 2 rings (SSSR count). The smallest absolute Gasteiger partial charge is 0.0383 e. The van der Waals surface area contributed by atoms with Gasteiger partial charge in [0, 0.05) is 16.2 Å². The second kappa shape index (κ2) is 5.90. The van der Waals surface area contributed by atoms with Crippen molar-refractivity contribution < 1.29 is 0 Å². The monoisotopic (exact) mass is 295 g/mol. The molecule has 1 aliphatic carbocycles. The molecule has 1 atom stereocenters. The van der Waals surface area contributed by atoms with Crippen molar-refractivity contribution in [2.75, 3.05) is 5.32 Å². The Kier molecular flexibility index (Phi) is 4.49. The average molecular weight is 296 g/mol. The van der Waals surface area contributed by atoms with Gasteiger partial charge in [-0.25, -0.2) is 0 Å². The van der Waals surface area contributed by atoms with Gasteiger partial charge < -0.3 is 5.32 Å². The molecule has 1 aromatic carbocycles. The Morgan fingerprint density at radius 1 is 1.24 bits per heavy atom. The van der Waals surface area contributed by atoms with Crippen molar-refractivity contribution in [1.29, 1.82) is 0 Å². The SMILES string of the molecule is Cc1ccc(Br)cc1NC(C)C1CCCCC1. The Morgan fingerprint density at radius 2 is 1.94 bits per heavy atom. The molecule has 0 spiro atoms. The number of aryl methyl sites for hydroxylation is 1. The number of rotatable bonds is 3. The third-order valence-corrected chi connectivity index (χ3v) is 4.43. The zero-order valence-corrected chi connectivity index (χ0v) is 12.4. The molecular formula is C15H22BrN. The fraction of sp³-hybridized carbons (Fsp3) is 0.600. The second-order valence-electron chi connectivity index (χ2n) is 5.29. The molecule has 1 fully saturated rings. The van der Waals surface area contributed by atoms with Gasteiger partial charge in [0.2, 0.25) is 0 Å². The molecule has 2 heteroatoms. The standard InChI is InChI=1S/C15H22BrN/c1-11-8-9-14(16)10-15(11)17-12(2)13-6-4-3-5-7-13/h8-10,12-13,17H,3-7H2,1-2H3. The lowest BCUT2D eigenvalue weighted by Gasteiger charge is -2.29. The van der Waals surface area contributed by atoms with Crippen molar-refractivity contribution >= 4 is 21.6 Å². The summed E-state index contributed by atoms with van der Waals surface area (Å²) in [4.78, 5) is 0. The van der Waals surface area contributed by atoms with Gasteiger partial charge in [-0.1, -0.05) is 41.3 Å². The summed E-state index contributed by atoms with van der Waals surface area (Å²) in [5.74, 6) is 0.849. The van der Waals surface area contributed by atoms with Crippen molar-refractivity contribution in [2.24, 2.45) is 5.92 Å². The molecule has 1 saturated carbocycles.